The van der Waals surface area contributed by atoms with Gasteiger partial charge in [-0.25, -0.2) is 4.98 Å². The second-order valence-electron chi connectivity index (χ2n) is 17.9. The van der Waals surface area contributed by atoms with Crippen LogP contribution in [0.2, 0.25) is 13.1 Å². The smallest absolute Gasteiger partial charge is 0.454 e. The van der Waals surface area contributed by atoms with Crippen molar-refractivity contribution in [1.82, 2.24) is 14.0 Å². The summed E-state index contributed by atoms with van der Waals surface area (Å²) in [7, 11) is -2.86. The Balaban J connectivity index is 1.07. The molecule has 3 heterocycles. The molecule has 0 amide bonds. The van der Waals surface area contributed by atoms with Gasteiger partial charge in [-0.05, 0) is 116 Å². The van der Waals surface area contributed by atoms with E-state index in [1.807, 2.05) is 18.2 Å². The van der Waals surface area contributed by atoms with Gasteiger partial charge < -0.3 is 13.6 Å². The average molecular weight is 822 g/mol. The van der Waals surface area contributed by atoms with Crippen molar-refractivity contribution in [3.05, 3.63) is 175 Å². The van der Waals surface area contributed by atoms with Crippen LogP contribution in [0.1, 0.15) is 26.3 Å². The molecule has 0 saturated carbocycles. The van der Waals surface area contributed by atoms with E-state index in [0.29, 0.717) is 23.0 Å². The number of rotatable bonds is 2. The van der Waals surface area contributed by atoms with Gasteiger partial charge in [-0.1, -0.05) is 130 Å². The Labute approximate surface area is 361 Å². The van der Waals surface area contributed by atoms with Gasteiger partial charge in [-0.15, -0.1) is 0 Å². The van der Waals surface area contributed by atoms with Crippen LogP contribution >= 0.6 is 0 Å². The number of para-hydroxylation sites is 5. The summed E-state index contributed by atoms with van der Waals surface area (Å²) in [5.41, 5.74) is 17.8. The summed E-state index contributed by atoms with van der Waals surface area (Å²) in [6.45, 7) is 11.1. The molecule has 0 fully saturated rings. The van der Waals surface area contributed by atoms with Gasteiger partial charge in [-0.2, -0.15) is 0 Å². The van der Waals surface area contributed by atoms with Crippen molar-refractivity contribution in [3.8, 4) is 84.3 Å². The molecule has 300 valence electrons. The van der Waals surface area contributed by atoms with E-state index in [1.165, 1.54) is 50.1 Å². The summed E-state index contributed by atoms with van der Waals surface area (Å²) >= 11 is 0. The Morgan fingerprint density at radius 1 is 0.452 bits per heavy atom. The highest BCUT2D eigenvalue weighted by atomic mass is 28.4. The first-order valence-electron chi connectivity index (χ1n) is 21.3. The zero-order chi connectivity index (χ0) is 41.9. The molecule has 0 saturated heterocycles. The van der Waals surface area contributed by atoms with Crippen molar-refractivity contribution in [1.29, 1.82) is 0 Å². The average Bonchev–Trinajstić information content (AvgIpc) is 3.80. The molecule has 6 nitrogen and oxygen atoms in total. The van der Waals surface area contributed by atoms with Crippen molar-refractivity contribution in [2.45, 2.75) is 39.3 Å². The highest BCUT2D eigenvalue weighted by Gasteiger charge is 2.36. The molecule has 10 aromatic rings. The van der Waals surface area contributed by atoms with Crippen LogP contribution in [0.15, 0.2) is 170 Å². The molecule has 1 aliphatic carbocycles. The van der Waals surface area contributed by atoms with E-state index in [1.54, 1.807) is 0 Å². The van der Waals surface area contributed by atoms with Crippen molar-refractivity contribution in [3.63, 3.8) is 0 Å². The van der Waals surface area contributed by atoms with Gasteiger partial charge in [0.05, 0.1) is 27.8 Å². The summed E-state index contributed by atoms with van der Waals surface area (Å²) in [4.78, 5) is 5.12. The lowest BCUT2D eigenvalue weighted by Crippen LogP contribution is -2.42. The molecule has 2 aliphatic rings. The van der Waals surface area contributed by atoms with E-state index in [-0.39, 0.29) is 5.41 Å². The van der Waals surface area contributed by atoms with E-state index in [4.69, 9.17) is 18.6 Å². The lowest BCUT2D eigenvalue weighted by Gasteiger charge is -2.32. The van der Waals surface area contributed by atoms with Crippen LogP contribution in [-0.2, 0) is 5.41 Å². The first-order chi connectivity index (χ1) is 30.1. The molecule has 1 aliphatic heterocycles. The second-order valence-corrected chi connectivity index (χ2v) is 21.1. The van der Waals surface area contributed by atoms with E-state index in [9.17, 15) is 0 Å². The fraction of sp³-hybridized carbons (Fsp3) is 0.109. The molecule has 0 unspecified atom stereocenters. The monoisotopic (exact) mass is 821 g/mol. The van der Waals surface area contributed by atoms with E-state index >= 15 is 0 Å². The number of hydrogen-bond acceptors (Lipinski definition) is 4. The Hall–Kier alpha value is -7.35. The molecule has 0 atom stereocenters. The molecular formula is C55H43N3O3Si. The third-order valence-corrected chi connectivity index (χ3v) is 13.8. The summed E-state index contributed by atoms with van der Waals surface area (Å²) in [6.07, 6.45) is 0. The topological polar surface area (TPSA) is 49.9 Å². The Kier molecular flexibility index (Phi) is 7.84. The molecule has 62 heavy (non-hydrogen) atoms. The predicted octanol–water partition coefficient (Wildman–Crippen LogP) is 14.6. The Morgan fingerprint density at radius 3 is 1.63 bits per heavy atom. The maximum absolute atomic E-state index is 7.13. The lowest BCUT2D eigenvalue weighted by molar-refractivity contribution is 0.345. The molecule has 7 heteroatoms. The quantitative estimate of drug-likeness (QED) is 0.163. The summed E-state index contributed by atoms with van der Waals surface area (Å²) in [5, 5.41) is 0. The van der Waals surface area contributed by atoms with Crippen molar-refractivity contribution < 1.29 is 13.6 Å². The van der Waals surface area contributed by atoms with Crippen molar-refractivity contribution in [2.75, 3.05) is 0 Å². The zero-order valence-corrected chi connectivity index (χ0v) is 36.2. The van der Waals surface area contributed by atoms with Gasteiger partial charge in [0.2, 0.25) is 5.78 Å². The SMILES string of the molecule is CC(C)(C)c1cc2c(cc1-c1cccc3c1Oc1ccc(-n4c5ccccc5n5c6ccccc6nc45)cc1O[Si](C)(C)O3)-c1ccccc1-c1ccccc1-c1ccccc1-2. The third-order valence-electron chi connectivity index (χ3n) is 12.4. The number of imidazole rings is 2. The molecule has 0 N–H and O–H groups in total. The van der Waals surface area contributed by atoms with Gasteiger partial charge in [0.15, 0.2) is 17.2 Å². The molecular weight excluding hydrogens is 779 g/mol. The zero-order valence-electron chi connectivity index (χ0n) is 35.2. The standard InChI is InChI=1S/C55H43N3O3Si/c1-55(2,3)45-33-43-40-22-11-9-20-38(40)36-18-7-6-17-35(36)37-19-8-10-21-39(37)42(43)32-44(45)41-23-16-28-51-53(41)59-50-30-29-34(31-52(50)61-62(4,5)60-51)57-48-26-14-15-27-49(48)58-47-25-13-12-24-46(47)56-54(57)58/h6-33H,1-5H3. The fourth-order valence-electron chi connectivity index (χ4n) is 9.73. The minimum atomic E-state index is -2.86. The van der Waals surface area contributed by atoms with Gasteiger partial charge >= 0.3 is 8.56 Å². The number of nitrogens with zero attached hydrogens (tertiary/aromatic N) is 3. The number of benzene rings is 8. The van der Waals surface area contributed by atoms with Crippen LogP contribution in [-0.4, -0.2) is 22.5 Å². The first-order valence-corrected chi connectivity index (χ1v) is 24.1. The van der Waals surface area contributed by atoms with Crippen LogP contribution in [0.3, 0.4) is 0 Å². The number of fused-ring (bicyclic) bond motifs is 15. The summed E-state index contributed by atoms with van der Waals surface area (Å²) in [6, 6.07) is 60.5. The molecule has 0 radical (unpaired) electrons. The highest BCUT2D eigenvalue weighted by molar-refractivity contribution is 6.66. The van der Waals surface area contributed by atoms with Gasteiger partial charge in [-0.3, -0.25) is 8.97 Å². The third kappa shape index (κ3) is 5.58. The highest BCUT2D eigenvalue weighted by Crippen LogP contribution is 2.53. The minimum absolute atomic E-state index is 0.225. The van der Waals surface area contributed by atoms with Gasteiger partial charge in [0.25, 0.3) is 0 Å². The molecule has 0 bridgehead atoms. The molecule has 0 spiro atoms. The Bertz CT molecular complexity index is 3480. The molecule has 8 aromatic carbocycles. The number of ether oxygens (including phenoxy) is 1. The van der Waals surface area contributed by atoms with Gasteiger partial charge in [0, 0.05) is 24.7 Å². The largest absolute Gasteiger partial charge is 0.509 e. The maximum atomic E-state index is 7.13. The van der Waals surface area contributed by atoms with Crippen LogP contribution < -0.4 is 13.6 Å². The van der Waals surface area contributed by atoms with Crippen LogP contribution in [0, 0.1) is 0 Å². The number of hydrogen-bond donors (Lipinski definition) is 0. The van der Waals surface area contributed by atoms with Crippen LogP contribution in [0.4, 0.5) is 0 Å². The molecule has 2 aromatic heterocycles. The molecule has 12 rings (SSSR count). The maximum Gasteiger partial charge on any atom is 0.454 e. The number of aromatic nitrogens is 3. The Morgan fingerprint density at radius 2 is 0.984 bits per heavy atom. The predicted molar refractivity (Wildman–Crippen MR) is 254 cm³/mol. The van der Waals surface area contributed by atoms with Crippen molar-refractivity contribution >= 4 is 36.4 Å². The van der Waals surface area contributed by atoms with E-state index in [2.05, 4.69) is 194 Å². The lowest BCUT2D eigenvalue weighted by atomic mass is 9.75. The second kappa shape index (κ2) is 13.3. The fourth-order valence-corrected chi connectivity index (χ4v) is 11.1. The van der Waals surface area contributed by atoms with E-state index < -0.39 is 8.56 Å². The van der Waals surface area contributed by atoms with Crippen molar-refractivity contribution in [2.24, 2.45) is 0 Å². The minimum Gasteiger partial charge on any atom is -0.509 e. The van der Waals surface area contributed by atoms with E-state index in [0.717, 1.165) is 44.7 Å². The van der Waals surface area contributed by atoms with Crippen LogP contribution in [0.25, 0.3) is 89.2 Å². The van der Waals surface area contributed by atoms with Crippen LogP contribution in [0.5, 0.6) is 23.0 Å². The first kappa shape index (κ1) is 36.5. The van der Waals surface area contributed by atoms with Gasteiger partial charge in [0.1, 0.15) is 5.75 Å². The summed E-state index contributed by atoms with van der Waals surface area (Å²) < 4.78 is 25.4. The summed E-state index contributed by atoms with van der Waals surface area (Å²) in [5.74, 6) is 3.44. The normalized spacial score (nSPS) is 13.8.